The molecule has 0 saturated carbocycles. The lowest BCUT2D eigenvalue weighted by Crippen LogP contribution is -2.46. The van der Waals surface area contributed by atoms with E-state index in [9.17, 15) is 18.0 Å². The first-order valence-electron chi connectivity index (χ1n) is 5.09. The van der Waals surface area contributed by atoms with Crippen molar-refractivity contribution in [1.82, 2.24) is 4.90 Å². The fraction of sp³-hybridized carbons (Fsp3) is 0.364. The van der Waals surface area contributed by atoms with Gasteiger partial charge < -0.3 is 10.6 Å². The van der Waals surface area contributed by atoms with E-state index >= 15 is 0 Å². The van der Waals surface area contributed by atoms with Gasteiger partial charge in [0.1, 0.15) is 6.54 Å². The van der Waals surface area contributed by atoms with E-state index in [2.05, 4.69) is 0 Å². The maximum atomic E-state index is 12.3. The van der Waals surface area contributed by atoms with E-state index in [-0.39, 0.29) is 12.1 Å². The van der Waals surface area contributed by atoms with Crippen molar-refractivity contribution in [2.45, 2.75) is 12.2 Å². The monoisotopic (exact) mass is 244 g/mol. The molecule has 92 valence electrons. The minimum absolute atomic E-state index is 0.102. The van der Waals surface area contributed by atoms with Gasteiger partial charge >= 0.3 is 6.18 Å². The molecule has 1 aliphatic heterocycles. The predicted molar refractivity (Wildman–Crippen MR) is 55.3 cm³/mol. The molecular weight excluding hydrogens is 233 g/mol. The number of benzene rings is 1. The molecule has 6 heteroatoms. The van der Waals surface area contributed by atoms with Crippen molar-refractivity contribution in [3.8, 4) is 0 Å². The molecule has 0 spiro atoms. The zero-order valence-electron chi connectivity index (χ0n) is 8.87. The normalized spacial score (nSPS) is 20.4. The molecule has 1 aromatic carbocycles. The summed E-state index contributed by atoms with van der Waals surface area (Å²) in [4.78, 5) is 12.6. The number of amides is 1. The Morgan fingerprint density at radius 3 is 2.65 bits per heavy atom. The van der Waals surface area contributed by atoms with Crippen LogP contribution in [0.3, 0.4) is 0 Å². The second kappa shape index (κ2) is 4.03. The first-order chi connectivity index (χ1) is 7.88. The van der Waals surface area contributed by atoms with E-state index in [1.54, 1.807) is 18.2 Å². The van der Waals surface area contributed by atoms with Crippen LogP contribution in [0.5, 0.6) is 0 Å². The molecule has 1 atom stereocenters. The summed E-state index contributed by atoms with van der Waals surface area (Å²) in [6.07, 6.45) is -4.40. The molecule has 0 aliphatic carbocycles. The SMILES string of the molecule is NC1CN(CC(F)(F)F)C(=O)c2ccccc21. The van der Waals surface area contributed by atoms with E-state index < -0.39 is 24.7 Å². The molecule has 2 rings (SSSR count). The smallest absolute Gasteiger partial charge is 0.328 e. The topological polar surface area (TPSA) is 46.3 Å². The maximum Gasteiger partial charge on any atom is 0.406 e. The van der Waals surface area contributed by atoms with Gasteiger partial charge in [0.25, 0.3) is 5.91 Å². The molecule has 0 radical (unpaired) electrons. The number of nitrogens with zero attached hydrogens (tertiary/aromatic N) is 1. The van der Waals surface area contributed by atoms with E-state index in [1.807, 2.05) is 0 Å². The van der Waals surface area contributed by atoms with Crippen molar-refractivity contribution >= 4 is 5.91 Å². The summed E-state index contributed by atoms with van der Waals surface area (Å²) in [7, 11) is 0. The summed E-state index contributed by atoms with van der Waals surface area (Å²) in [5.41, 5.74) is 6.62. The third-order valence-corrected chi connectivity index (χ3v) is 2.67. The minimum Gasteiger partial charge on any atom is -0.328 e. The van der Waals surface area contributed by atoms with Crippen LogP contribution in [0.4, 0.5) is 13.2 Å². The van der Waals surface area contributed by atoms with Crippen molar-refractivity contribution in [3.63, 3.8) is 0 Å². The Balaban J connectivity index is 2.30. The molecule has 1 amide bonds. The molecule has 0 saturated heterocycles. The standard InChI is InChI=1S/C11H11F3N2O/c12-11(13,14)6-16-5-9(15)7-3-1-2-4-8(7)10(16)17/h1-4,9H,5-6,15H2. The Labute approximate surface area is 96.0 Å². The average Bonchev–Trinajstić information content (AvgIpc) is 2.24. The third-order valence-electron chi connectivity index (χ3n) is 2.67. The summed E-state index contributed by atoms with van der Waals surface area (Å²) in [5, 5.41) is 0. The molecule has 1 unspecified atom stereocenters. The minimum atomic E-state index is -4.40. The van der Waals surface area contributed by atoms with Crippen LogP contribution in [0.1, 0.15) is 22.0 Å². The Bertz CT molecular complexity index is 445. The molecule has 0 bridgehead atoms. The molecule has 1 aliphatic rings. The third kappa shape index (κ3) is 2.41. The van der Waals surface area contributed by atoms with Crippen molar-refractivity contribution < 1.29 is 18.0 Å². The molecule has 2 N–H and O–H groups in total. The highest BCUT2D eigenvalue weighted by Crippen LogP contribution is 2.27. The number of hydrogen-bond donors (Lipinski definition) is 1. The fourth-order valence-corrected chi connectivity index (χ4v) is 1.96. The summed E-state index contributed by atoms with van der Waals surface area (Å²) < 4.78 is 36.8. The Kier molecular flexibility index (Phi) is 2.82. The second-order valence-corrected chi connectivity index (χ2v) is 3.99. The summed E-state index contributed by atoms with van der Waals surface area (Å²) in [6.45, 7) is -1.36. The number of hydrogen-bond acceptors (Lipinski definition) is 2. The van der Waals surface area contributed by atoms with Crippen LogP contribution in [0, 0.1) is 0 Å². The Morgan fingerprint density at radius 1 is 1.35 bits per heavy atom. The highest BCUT2D eigenvalue weighted by Gasteiger charge is 2.37. The molecular formula is C11H11F3N2O. The summed E-state index contributed by atoms with van der Waals surface area (Å²) >= 11 is 0. The van der Waals surface area contributed by atoms with Crippen LogP contribution in [-0.4, -0.2) is 30.1 Å². The van der Waals surface area contributed by atoms with Crippen LogP contribution in [-0.2, 0) is 0 Å². The number of halogens is 3. The van der Waals surface area contributed by atoms with Crippen molar-refractivity contribution in [2.75, 3.05) is 13.1 Å². The number of alkyl halides is 3. The fourth-order valence-electron chi connectivity index (χ4n) is 1.96. The number of rotatable bonds is 1. The zero-order chi connectivity index (χ0) is 12.6. The van der Waals surface area contributed by atoms with Crippen LogP contribution < -0.4 is 5.73 Å². The second-order valence-electron chi connectivity index (χ2n) is 3.99. The lowest BCUT2D eigenvalue weighted by molar-refractivity contribution is -0.141. The lowest BCUT2D eigenvalue weighted by Gasteiger charge is -2.32. The van der Waals surface area contributed by atoms with Gasteiger partial charge in [0.15, 0.2) is 0 Å². The predicted octanol–water partition coefficient (Wildman–Crippen LogP) is 1.70. The van der Waals surface area contributed by atoms with Gasteiger partial charge in [-0.3, -0.25) is 4.79 Å². The molecule has 17 heavy (non-hydrogen) atoms. The zero-order valence-corrected chi connectivity index (χ0v) is 8.87. The average molecular weight is 244 g/mol. The molecule has 1 aromatic rings. The van der Waals surface area contributed by atoms with Crippen LogP contribution in [0.2, 0.25) is 0 Å². The molecule has 1 heterocycles. The lowest BCUT2D eigenvalue weighted by atomic mass is 9.95. The van der Waals surface area contributed by atoms with Crippen molar-refractivity contribution in [3.05, 3.63) is 35.4 Å². The maximum absolute atomic E-state index is 12.3. The van der Waals surface area contributed by atoms with Gasteiger partial charge in [-0.05, 0) is 11.6 Å². The van der Waals surface area contributed by atoms with Gasteiger partial charge in [-0.25, -0.2) is 0 Å². The van der Waals surface area contributed by atoms with E-state index in [0.29, 0.717) is 5.56 Å². The summed E-state index contributed by atoms with van der Waals surface area (Å²) in [6, 6.07) is 5.93. The van der Waals surface area contributed by atoms with Gasteiger partial charge in [0.05, 0.1) is 0 Å². The van der Waals surface area contributed by atoms with Gasteiger partial charge in [-0.2, -0.15) is 13.2 Å². The first kappa shape index (κ1) is 11.9. The van der Waals surface area contributed by atoms with Crippen LogP contribution in [0.15, 0.2) is 24.3 Å². The molecule has 0 fully saturated rings. The van der Waals surface area contributed by atoms with Crippen molar-refractivity contribution in [2.24, 2.45) is 5.73 Å². The van der Waals surface area contributed by atoms with Gasteiger partial charge in [0.2, 0.25) is 0 Å². The van der Waals surface area contributed by atoms with Gasteiger partial charge in [0, 0.05) is 18.2 Å². The number of nitrogens with two attached hydrogens (primary N) is 1. The first-order valence-corrected chi connectivity index (χ1v) is 5.09. The number of fused-ring (bicyclic) bond motifs is 1. The van der Waals surface area contributed by atoms with Gasteiger partial charge in [-0.1, -0.05) is 18.2 Å². The van der Waals surface area contributed by atoms with E-state index in [1.165, 1.54) is 6.07 Å². The molecule has 0 aromatic heterocycles. The largest absolute Gasteiger partial charge is 0.406 e. The number of carbonyl (C=O) groups is 1. The van der Waals surface area contributed by atoms with E-state index in [0.717, 1.165) is 4.90 Å². The highest BCUT2D eigenvalue weighted by molar-refractivity contribution is 5.97. The van der Waals surface area contributed by atoms with Crippen molar-refractivity contribution in [1.29, 1.82) is 0 Å². The van der Waals surface area contributed by atoms with E-state index in [4.69, 9.17) is 5.73 Å². The summed E-state index contributed by atoms with van der Waals surface area (Å²) in [5.74, 6) is -0.611. The van der Waals surface area contributed by atoms with Crippen LogP contribution in [0.25, 0.3) is 0 Å². The van der Waals surface area contributed by atoms with Gasteiger partial charge in [-0.15, -0.1) is 0 Å². The van der Waals surface area contributed by atoms with Crippen LogP contribution >= 0.6 is 0 Å². The quantitative estimate of drug-likeness (QED) is 0.817. The highest BCUT2D eigenvalue weighted by atomic mass is 19.4. The Hall–Kier alpha value is -1.56. The number of carbonyl (C=O) groups excluding carboxylic acids is 1. The molecule has 3 nitrogen and oxygen atoms in total. The Morgan fingerprint density at radius 2 is 2.00 bits per heavy atom.